The molecule has 1 aromatic rings. The number of fused-ring (bicyclic) bond motifs is 1. The van der Waals surface area contributed by atoms with Crippen LogP contribution >= 0.6 is 0 Å². The van der Waals surface area contributed by atoms with Crippen molar-refractivity contribution >= 4 is 11.8 Å². The number of rotatable bonds is 2. The molecule has 1 heterocycles. The molecule has 0 bridgehead atoms. The van der Waals surface area contributed by atoms with Gasteiger partial charge in [0.15, 0.2) is 0 Å². The van der Waals surface area contributed by atoms with Crippen LogP contribution in [0.2, 0.25) is 0 Å². The third-order valence-electron chi connectivity index (χ3n) is 4.59. The molecular formula is C16H19NO3. The second-order valence-corrected chi connectivity index (χ2v) is 5.81. The van der Waals surface area contributed by atoms with Crippen LogP contribution in [0.5, 0.6) is 0 Å². The van der Waals surface area contributed by atoms with Gasteiger partial charge < -0.3 is 5.11 Å². The SMILES string of the molecule is O=C1Cc2ccccc2C(=O)N1C1(CO)CCCCC1. The van der Waals surface area contributed by atoms with Crippen molar-refractivity contribution in [3.05, 3.63) is 35.4 Å². The average Bonchev–Trinajstić information content (AvgIpc) is 2.48. The number of carbonyl (C=O) groups excluding carboxylic acids is 2. The molecule has 0 radical (unpaired) electrons. The van der Waals surface area contributed by atoms with Gasteiger partial charge in [-0.3, -0.25) is 14.5 Å². The van der Waals surface area contributed by atoms with Gasteiger partial charge in [-0.25, -0.2) is 0 Å². The summed E-state index contributed by atoms with van der Waals surface area (Å²) in [7, 11) is 0. The number of hydrogen-bond donors (Lipinski definition) is 1. The zero-order valence-corrected chi connectivity index (χ0v) is 11.5. The molecule has 0 atom stereocenters. The van der Waals surface area contributed by atoms with E-state index in [0.29, 0.717) is 18.4 Å². The third-order valence-corrected chi connectivity index (χ3v) is 4.59. The van der Waals surface area contributed by atoms with E-state index in [9.17, 15) is 14.7 Å². The second-order valence-electron chi connectivity index (χ2n) is 5.81. The van der Waals surface area contributed by atoms with Crippen molar-refractivity contribution in [3.8, 4) is 0 Å². The van der Waals surface area contributed by atoms with Crippen LogP contribution < -0.4 is 0 Å². The highest BCUT2D eigenvalue weighted by atomic mass is 16.3. The van der Waals surface area contributed by atoms with Crippen LogP contribution in [0, 0.1) is 0 Å². The minimum atomic E-state index is -0.681. The molecular weight excluding hydrogens is 254 g/mol. The normalized spacial score (nSPS) is 21.8. The van der Waals surface area contributed by atoms with Crippen LogP contribution in [0.15, 0.2) is 24.3 Å². The van der Waals surface area contributed by atoms with E-state index in [2.05, 4.69) is 0 Å². The van der Waals surface area contributed by atoms with Gasteiger partial charge in [0.1, 0.15) is 0 Å². The van der Waals surface area contributed by atoms with Crippen molar-refractivity contribution in [1.29, 1.82) is 0 Å². The Morgan fingerprint density at radius 2 is 1.80 bits per heavy atom. The number of carbonyl (C=O) groups is 2. The molecule has 4 nitrogen and oxygen atoms in total. The third kappa shape index (κ3) is 1.95. The van der Waals surface area contributed by atoms with Gasteiger partial charge in [0.25, 0.3) is 5.91 Å². The summed E-state index contributed by atoms with van der Waals surface area (Å²) in [5.41, 5.74) is 0.716. The molecule has 106 valence electrons. The first-order valence-corrected chi connectivity index (χ1v) is 7.24. The maximum atomic E-state index is 12.7. The number of aliphatic hydroxyl groups excluding tert-OH is 1. The highest BCUT2D eigenvalue weighted by Crippen LogP contribution is 2.36. The maximum Gasteiger partial charge on any atom is 0.261 e. The molecule has 2 aliphatic rings. The molecule has 0 unspecified atom stereocenters. The highest BCUT2D eigenvalue weighted by molar-refractivity contribution is 6.10. The van der Waals surface area contributed by atoms with Crippen LogP contribution in [-0.2, 0) is 11.2 Å². The molecule has 1 aromatic carbocycles. The van der Waals surface area contributed by atoms with E-state index >= 15 is 0 Å². The van der Waals surface area contributed by atoms with E-state index in [1.807, 2.05) is 18.2 Å². The summed E-state index contributed by atoms with van der Waals surface area (Å²) in [4.78, 5) is 26.5. The number of hydrogen-bond acceptors (Lipinski definition) is 3. The first-order valence-electron chi connectivity index (χ1n) is 7.24. The largest absolute Gasteiger partial charge is 0.394 e. The second kappa shape index (κ2) is 5.02. The van der Waals surface area contributed by atoms with Crippen molar-refractivity contribution in [2.24, 2.45) is 0 Å². The van der Waals surface area contributed by atoms with E-state index in [1.54, 1.807) is 6.07 Å². The Morgan fingerprint density at radius 3 is 2.50 bits per heavy atom. The van der Waals surface area contributed by atoms with Crippen molar-refractivity contribution in [3.63, 3.8) is 0 Å². The van der Waals surface area contributed by atoms with Gasteiger partial charge >= 0.3 is 0 Å². The van der Waals surface area contributed by atoms with Crippen LogP contribution in [0.4, 0.5) is 0 Å². The quantitative estimate of drug-likeness (QED) is 0.837. The molecule has 1 aliphatic carbocycles. The van der Waals surface area contributed by atoms with Gasteiger partial charge in [-0.2, -0.15) is 0 Å². The standard InChI is InChI=1S/C16H19NO3/c18-11-16(8-4-1-5-9-16)17-14(19)10-12-6-2-3-7-13(12)15(17)20/h2-3,6-7,18H,1,4-5,8-11H2. The summed E-state index contributed by atoms with van der Waals surface area (Å²) in [5.74, 6) is -0.419. The van der Waals surface area contributed by atoms with Gasteiger partial charge in [0.05, 0.1) is 18.6 Å². The fourth-order valence-corrected chi connectivity index (χ4v) is 3.50. The Bertz CT molecular complexity index is 546. The highest BCUT2D eigenvalue weighted by Gasteiger charge is 2.46. The minimum absolute atomic E-state index is 0.132. The molecule has 3 rings (SSSR count). The van der Waals surface area contributed by atoms with E-state index < -0.39 is 5.54 Å². The van der Waals surface area contributed by atoms with Gasteiger partial charge in [0, 0.05) is 5.56 Å². The molecule has 0 saturated heterocycles. The molecule has 4 heteroatoms. The van der Waals surface area contributed by atoms with Crippen molar-refractivity contribution in [1.82, 2.24) is 4.90 Å². The van der Waals surface area contributed by atoms with Crippen LogP contribution in [0.3, 0.4) is 0 Å². The first kappa shape index (κ1) is 13.3. The van der Waals surface area contributed by atoms with Crippen molar-refractivity contribution < 1.29 is 14.7 Å². The lowest BCUT2D eigenvalue weighted by Crippen LogP contribution is -2.60. The zero-order valence-electron chi connectivity index (χ0n) is 11.5. The Kier molecular flexibility index (Phi) is 3.34. The summed E-state index contributed by atoms with van der Waals surface area (Å²) in [6.45, 7) is -0.132. The Morgan fingerprint density at radius 1 is 1.10 bits per heavy atom. The lowest BCUT2D eigenvalue weighted by Gasteiger charge is -2.45. The molecule has 1 N–H and O–H groups in total. The fraction of sp³-hybridized carbons (Fsp3) is 0.500. The molecule has 1 fully saturated rings. The van der Waals surface area contributed by atoms with Crippen LogP contribution in [-0.4, -0.2) is 34.0 Å². The number of imide groups is 1. The summed E-state index contributed by atoms with van der Waals surface area (Å²) in [6.07, 6.45) is 4.70. The Balaban J connectivity index is 2.01. The van der Waals surface area contributed by atoms with Gasteiger partial charge in [-0.1, -0.05) is 37.5 Å². The number of benzene rings is 1. The molecule has 1 saturated carbocycles. The van der Waals surface area contributed by atoms with Gasteiger partial charge in [-0.15, -0.1) is 0 Å². The summed E-state index contributed by atoms with van der Waals surface area (Å²) >= 11 is 0. The first-order chi connectivity index (χ1) is 9.68. The molecule has 20 heavy (non-hydrogen) atoms. The average molecular weight is 273 g/mol. The lowest BCUT2D eigenvalue weighted by atomic mass is 9.79. The van der Waals surface area contributed by atoms with Crippen molar-refractivity contribution in [2.45, 2.75) is 44.1 Å². The number of amides is 2. The van der Waals surface area contributed by atoms with Gasteiger partial charge in [-0.05, 0) is 24.5 Å². The number of aliphatic hydroxyl groups is 1. The summed E-state index contributed by atoms with van der Waals surface area (Å²) in [5, 5.41) is 9.83. The fourth-order valence-electron chi connectivity index (χ4n) is 3.50. The predicted molar refractivity (Wildman–Crippen MR) is 74.2 cm³/mol. The van der Waals surface area contributed by atoms with E-state index in [4.69, 9.17) is 0 Å². The Labute approximate surface area is 118 Å². The molecule has 0 aromatic heterocycles. The van der Waals surface area contributed by atoms with Crippen LogP contribution in [0.25, 0.3) is 0 Å². The van der Waals surface area contributed by atoms with Crippen molar-refractivity contribution in [2.75, 3.05) is 6.61 Å². The molecule has 0 spiro atoms. The topological polar surface area (TPSA) is 57.6 Å². The van der Waals surface area contributed by atoms with E-state index in [1.165, 1.54) is 4.90 Å². The summed E-state index contributed by atoms with van der Waals surface area (Å²) < 4.78 is 0. The molecule has 1 aliphatic heterocycles. The zero-order chi connectivity index (χ0) is 14.2. The van der Waals surface area contributed by atoms with E-state index in [-0.39, 0.29) is 24.8 Å². The maximum absolute atomic E-state index is 12.7. The molecule has 2 amide bonds. The number of nitrogens with zero attached hydrogens (tertiary/aromatic N) is 1. The monoisotopic (exact) mass is 273 g/mol. The van der Waals surface area contributed by atoms with E-state index in [0.717, 1.165) is 24.8 Å². The van der Waals surface area contributed by atoms with Crippen LogP contribution in [0.1, 0.15) is 48.0 Å². The summed E-state index contributed by atoms with van der Waals surface area (Å²) in [6, 6.07) is 7.26. The Hall–Kier alpha value is -1.68. The van der Waals surface area contributed by atoms with Gasteiger partial charge in [0.2, 0.25) is 5.91 Å². The lowest BCUT2D eigenvalue weighted by molar-refractivity contribution is -0.136. The predicted octanol–water partition coefficient (Wildman–Crippen LogP) is 1.91. The minimum Gasteiger partial charge on any atom is -0.394 e. The smallest absolute Gasteiger partial charge is 0.261 e.